The van der Waals surface area contributed by atoms with E-state index in [4.69, 9.17) is 10.8 Å². The number of carboxylic acid groups (broad SMARTS) is 1. The van der Waals surface area contributed by atoms with Crippen molar-refractivity contribution in [2.24, 2.45) is 5.73 Å². The third-order valence-electron chi connectivity index (χ3n) is 2.83. The first kappa shape index (κ1) is 21.2. The molecule has 3 amide bonds. The summed E-state index contributed by atoms with van der Waals surface area (Å²) in [6.07, 6.45) is 2.19. The largest absolute Gasteiger partial charge is 0.480 e. The molecule has 10 heteroatoms. The summed E-state index contributed by atoms with van der Waals surface area (Å²) in [4.78, 5) is 45.9. The normalized spacial score (nSPS) is 14.3. The number of hydrogen-bond acceptors (Lipinski definition) is 6. The number of carboxylic acids is 1. The number of nitrogens with two attached hydrogens (primary N) is 1. The maximum atomic E-state index is 12.0. The Morgan fingerprint density at radius 2 is 1.74 bits per heavy atom. The van der Waals surface area contributed by atoms with Crippen LogP contribution in [0.1, 0.15) is 20.3 Å². The average Bonchev–Trinajstić information content (AvgIpc) is 2.48. The summed E-state index contributed by atoms with van der Waals surface area (Å²) >= 11 is 1.49. The molecule has 0 aromatic carbocycles. The highest BCUT2D eigenvalue weighted by atomic mass is 32.2. The van der Waals surface area contributed by atoms with Crippen LogP contribution in [0.15, 0.2) is 0 Å². The van der Waals surface area contributed by atoms with Crippen molar-refractivity contribution in [1.29, 1.82) is 0 Å². The highest BCUT2D eigenvalue weighted by Gasteiger charge is 2.24. The van der Waals surface area contributed by atoms with E-state index in [0.29, 0.717) is 12.2 Å². The number of thioether (sulfide) groups is 1. The Morgan fingerprint density at radius 1 is 1.13 bits per heavy atom. The van der Waals surface area contributed by atoms with Crippen LogP contribution >= 0.6 is 11.8 Å². The van der Waals surface area contributed by atoms with Crippen molar-refractivity contribution >= 4 is 35.5 Å². The summed E-state index contributed by atoms with van der Waals surface area (Å²) in [6.45, 7) is 2.50. The van der Waals surface area contributed by atoms with E-state index in [1.165, 1.54) is 25.6 Å². The molecule has 9 nitrogen and oxygen atoms in total. The monoisotopic (exact) mass is 348 g/mol. The molecule has 132 valence electrons. The molecule has 0 heterocycles. The van der Waals surface area contributed by atoms with Crippen molar-refractivity contribution in [1.82, 2.24) is 16.0 Å². The first-order valence-corrected chi connectivity index (χ1v) is 8.43. The van der Waals surface area contributed by atoms with Crippen molar-refractivity contribution in [2.45, 2.75) is 38.4 Å². The minimum Gasteiger partial charge on any atom is -0.480 e. The lowest BCUT2D eigenvalue weighted by molar-refractivity contribution is -0.141. The van der Waals surface area contributed by atoms with E-state index in [0.717, 1.165) is 0 Å². The second kappa shape index (κ2) is 10.8. The topological polar surface area (TPSA) is 151 Å². The van der Waals surface area contributed by atoms with Gasteiger partial charge in [-0.25, -0.2) is 0 Å². The van der Waals surface area contributed by atoms with Crippen LogP contribution in [0.2, 0.25) is 0 Å². The first-order valence-electron chi connectivity index (χ1n) is 7.03. The van der Waals surface area contributed by atoms with Gasteiger partial charge in [0, 0.05) is 0 Å². The van der Waals surface area contributed by atoms with Crippen molar-refractivity contribution in [3.8, 4) is 0 Å². The second-order valence-electron chi connectivity index (χ2n) is 4.98. The molecule has 0 saturated heterocycles. The van der Waals surface area contributed by atoms with Gasteiger partial charge in [-0.2, -0.15) is 11.8 Å². The summed E-state index contributed by atoms with van der Waals surface area (Å²) < 4.78 is 0. The Hall–Kier alpha value is -1.81. The number of rotatable bonds is 10. The fourth-order valence-electron chi connectivity index (χ4n) is 1.45. The minimum atomic E-state index is -1.17. The predicted molar refractivity (Wildman–Crippen MR) is 86.8 cm³/mol. The number of nitrogens with one attached hydrogen (secondary N) is 3. The molecule has 0 aliphatic heterocycles. The van der Waals surface area contributed by atoms with Gasteiger partial charge in [0.05, 0.1) is 12.6 Å². The Kier molecular flexibility index (Phi) is 9.99. The smallest absolute Gasteiger partial charge is 0.325 e. The number of hydrogen-bond donors (Lipinski definition) is 5. The molecular weight excluding hydrogens is 324 g/mol. The quantitative estimate of drug-likeness (QED) is 0.315. The standard InChI is InChI=1S/C13H24N4O5S/c1-7(14)11(19)15-6-10(18)17-9(4-5-23-3)12(20)16-8(2)13(21)22/h7-9H,4-6,14H2,1-3H3,(H,15,19)(H,16,20)(H,17,18)(H,21,22). The van der Waals surface area contributed by atoms with Crippen molar-refractivity contribution < 1.29 is 24.3 Å². The van der Waals surface area contributed by atoms with Crippen LogP contribution < -0.4 is 21.7 Å². The van der Waals surface area contributed by atoms with Gasteiger partial charge in [-0.1, -0.05) is 0 Å². The lowest BCUT2D eigenvalue weighted by Gasteiger charge is -2.20. The molecule has 3 unspecified atom stereocenters. The average molecular weight is 348 g/mol. The van der Waals surface area contributed by atoms with Crippen LogP contribution in [0.25, 0.3) is 0 Å². The molecule has 0 spiro atoms. The lowest BCUT2D eigenvalue weighted by atomic mass is 10.2. The van der Waals surface area contributed by atoms with Gasteiger partial charge in [-0.15, -0.1) is 0 Å². The predicted octanol–water partition coefficient (Wildman–Crippen LogP) is -1.72. The minimum absolute atomic E-state index is 0.308. The van der Waals surface area contributed by atoms with Crippen LogP contribution in [0.3, 0.4) is 0 Å². The van der Waals surface area contributed by atoms with Crippen LogP contribution in [0, 0.1) is 0 Å². The summed E-state index contributed by atoms with van der Waals surface area (Å²) in [5, 5.41) is 15.9. The fraction of sp³-hybridized carbons (Fsp3) is 0.692. The molecule has 0 aliphatic carbocycles. The number of carbonyl (C=O) groups is 4. The summed E-state index contributed by atoms with van der Waals surface area (Å²) in [5.74, 6) is -2.18. The molecule has 6 N–H and O–H groups in total. The molecule has 0 saturated carbocycles. The van der Waals surface area contributed by atoms with E-state index in [-0.39, 0.29) is 6.54 Å². The van der Waals surface area contributed by atoms with Crippen LogP contribution in [-0.2, 0) is 19.2 Å². The van der Waals surface area contributed by atoms with E-state index in [1.54, 1.807) is 0 Å². The molecule has 3 atom stereocenters. The fourth-order valence-corrected chi connectivity index (χ4v) is 1.93. The van der Waals surface area contributed by atoms with Gasteiger partial charge in [0.25, 0.3) is 0 Å². The van der Waals surface area contributed by atoms with E-state index in [2.05, 4.69) is 16.0 Å². The second-order valence-corrected chi connectivity index (χ2v) is 5.96. The Bertz CT molecular complexity index is 444. The summed E-state index contributed by atoms with van der Waals surface area (Å²) in [6, 6.07) is -2.67. The first-order chi connectivity index (χ1) is 10.7. The van der Waals surface area contributed by atoms with Gasteiger partial charge in [0.2, 0.25) is 17.7 Å². The summed E-state index contributed by atoms with van der Waals surface area (Å²) in [7, 11) is 0. The zero-order valence-electron chi connectivity index (χ0n) is 13.4. The third kappa shape index (κ3) is 9.04. The van der Waals surface area contributed by atoms with E-state index in [1.807, 2.05) is 6.26 Å². The molecule has 0 fully saturated rings. The van der Waals surface area contributed by atoms with Gasteiger partial charge in [0.1, 0.15) is 12.1 Å². The zero-order chi connectivity index (χ0) is 18.0. The van der Waals surface area contributed by atoms with Crippen molar-refractivity contribution in [2.75, 3.05) is 18.6 Å². The molecule has 0 aromatic rings. The molecule has 23 heavy (non-hydrogen) atoms. The van der Waals surface area contributed by atoms with Gasteiger partial charge >= 0.3 is 5.97 Å². The Balaban J connectivity index is 4.59. The molecule has 0 rings (SSSR count). The Morgan fingerprint density at radius 3 is 2.22 bits per heavy atom. The van der Waals surface area contributed by atoms with Gasteiger partial charge in [0.15, 0.2) is 0 Å². The number of aliphatic carboxylic acids is 1. The molecule has 0 radical (unpaired) electrons. The Labute approximate surface area is 139 Å². The zero-order valence-corrected chi connectivity index (χ0v) is 14.2. The van der Waals surface area contributed by atoms with Crippen molar-refractivity contribution in [3.63, 3.8) is 0 Å². The van der Waals surface area contributed by atoms with Gasteiger partial charge < -0.3 is 26.8 Å². The highest BCUT2D eigenvalue weighted by Crippen LogP contribution is 2.01. The summed E-state index contributed by atoms with van der Waals surface area (Å²) in [5.41, 5.74) is 5.35. The molecule has 0 aromatic heterocycles. The van der Waals surface area contributed by atoms with Crippen molar-refractivity contribution in [3.05, 3.63) is 0 Å². The number of carbonyl (C=O) groups excluding carboxylic acids is 3. The molecular formula is C13H24N4O5S. The van der Waals surface area contributed by atoms with Crippen LogP contribution in [0.5, 0.6) is 0 Å². The van der Waals surface area contributed by atoms with Gasteiger partial charge in [-0.05, 0) is 32.3 Å². The van der Waals surface area contributed by atoms with E-state index >= 15 is 0 Å². The third-order valence-corrected chi connectivity index (χ3v) is 3.47. The van der Waals surface area contributed by atoms with Crippen LogP contribution in [0.4, 0.5) is 0 Å². The molecule has 0 bridgehead atoms. The van der Waals surface area contributed by atoms with E-state index in [9.17, 15) is 19.2 Å². The van der Waals surface area contributed by atoms with Gasteiger partial charge in [-0.3, -0.25) is 19.2 Å². The lowest BCUT2D eigenvalue weighted by Crippen LogP contribution is -2.53. The SMILES string of the molecule is CSCCC(NC(=O)CNC(=O)C(C)N)C(=O)NC(C)C(=O)O. The number of amides is 3. The maximum absolute atomic E-state index is 12.0. The maximum Gasteiger partial charge on any atom is 0.325 e. The molecule has 0 aliphatic rings. The highest BCUT2D eigenvalue weighted by molar-refractivity contribution is 7.98. The van der Waals surface area contributed by atoms with E-state index < -0.39 is 41.8 Å². The van der Waals surface area contributed by atoms with Crippen LogP contribution in [-0.4, -0.2) is 65.5 Å².